The van der Waals surface area contributed by atoms with E-state index in [1.165, 1.54) is 0 Å². The molecule has 4 nitrogen and oxygen atoms in total. The lowest BCUT2D eigenvalue weighted by Gasteiger charge is -2.13. The van der Waals surface area contributed by atoms with Crippen molar-refractivity contribution < 1.29 is 9.47 Å². The third kappa shape index (κ3) is 3.45. The summed E-state index contributed by atoms with van der Waals surface area (Å²) in [6.45, 7) is 1.49. The van der Waals surface area contributed by atoms with E-state index in [9.17, 15) is 0 Å². The number of hydrogen-bond acceptors (Lipinski definition) is 4. The monoisotopic (exact) mass is 258 g/mol. The maximum absolute atomic E-state index is 5.39. The van der Waals surface area contributed by atoms with Crippen molar-refractivity contribution in [1.29, 1.82) is 0 Å². The molecule has 1 heterocycles. The lowest BCUT2D eigenvalue weighted by molar-refractivity contribution is 0.350. The van der Waals surface area contributed by atoms with Gasteiger partial charge in [-0.05, 0) is 17.7 Å². The highest BCUT2D eigenvalue weighted by Crippen LogP contribution is 2.30. The molecule has 4 heteroatoms. The van der Waals surface area contributed by atoms with Gasteiger partial charge in [0.15, 0.2) is 11.5 Å². The van der Waals surface area contributed by atoms with Gasteiger partial charge in [-0.2, -0.15) is 0 Å². The highest BCUT2D eigenvalue weighted by atomic mass is 16.5. The van der Waals surface area contributed by atoms with Crippen LogP contribution in [0.15, 0.2) is 42.7 Å². The number of rotatable bonds is 6. The number of nitrogens with zero attached hydrogens (tertiary/aromatic N) is 1. The van der Waals surface area contributed by atoms with Gasteiger partial charge in [0.2, 0.25) is 0 Å². The number of methoxy groups -OCH3 is 2. The van der Waals surface area contributed by atoms with Gasteiger partial charge in [0.1, 0.15) is 0 Å². The molecule has 0 radical (unpaired) electrons. The normalized spacial score (nSPS) is 10.2. The van der Waals surface area contributed by atoms with Crippen LogP contribution in [-0.2, 0) is 13.1 Å². The Labute approximate surface area is 113 Å². The van der Waals surface area contributed by atoms with Crippen LogP contribution in [0.4, 0.5) is 0 Å². The van der Waals surface area contributed by atoms with E-state index in [0.717, 1.165) is 35.7 Å². The van der Waals surface area contributed by atoms with Crippen molar-refractivity contribution in [3.8, 4) is 11.5 Å². The van der Waals surface area contributed by atoms with Gasteiger partial charge in [-0.3, -0.25) is 4.98 Å². The van der Waals surface area contributed by atoms with Gasteiger partial charge in [-0.15, -0.1) is 0 Å². The Hall–Kier alpha value is -2.07. The second kappa shape index (κ2) is 6.75. The quantitative estimate of drug-likeness (QED) is 0.864. The van der Waals surface area contributed by atoms with Crippen LogP contribution in [0.1, 0.15) is 11.1 Å². The van der Waals surface area contributed by atoms with Gasteiger partial charge < -0.3 is 14.8 Å². The lowest BCUT2D eigenvalue weighted by Crippen LogP contribution is -2.13. The molecule has 0 aliphatic heterocycles. The molecule has 0 bridgehead atoms. The molecule has 0 saturated heterocycles. The Morgan fingerprint density at radius 1 is 1.05 bits per heavy atom. The van der Waals surface area contributed by atoms with Crippen LogP contribution in [0.25, 0.3) is 0 Å². The summed E-state index contributed by atoms with van der Waals surface area (Å²) in [6, 6.07) is 9.86. The maximum Gasteiger partial charge on any atom is 0.165 e. The summed E-state index contributed by atoms with van der Waals surface area (Å²) < 4.78 is 10.7. The maximum atomic E-state index is 5.39. The van der Waals surface area contributed by atoms with Crippen molar-refractivity contribution >= 4 is 0 Å². The number of aromatic nitrogens is 1. The molecular weight excluding hydrogens is 240 g/mol. The molecule has 100 valence electrons. The Kier molecular flexibility index (Phi) is 4.75. The van der Waals surface area contributed by atoms with E-state index in [0.29, 0.717) is 0 Å². The zero-order chi connectivity index (χ0) is 13.5. The van der Waals surface area contributed by atoms with Crippen molar-refractivity contribution in [2.24, 2.45) is 0 Å². The Morgan fingerprint density at radius 2 is 1.95 bits per heavy atom. The molecule has 0 aliphatic rings. The molecule has 0 atom stereocenters. The molecule has 0 unspecified atom stereocenters. The molecule has 2 aromatic rings. The largest absolute Gasteiger partial charge is 0.493 e. The Balaban J connectivity index is 2.00. The van der Waals surface area contributed by atoms with E-state index in [4.69, 9.17) is 9.47 Å². The van der Waals surface area contributed by atoms with Crippen molar-refractivity contribution in [2.45, 2.75) is 13.1 Å². The molecule has 1 N–H and O–H groups in total. The smallest absolute Gasteiger partial charge is 0.165 e. The number of benzene rings is 1. The molecule has 0 spiro atoms. The third-order valence-electron chi connectivity index (χ3n) is 2.85. The summed E-state index contributed by atoms with van der Waals surface area (Å²) in [4.78, 5) is 4.09. The topological polar surface area (TPSA) is 43.4 Å². The van der Waals surface area contributed by atoms with E-state index in [-0.39, 0.29) is 0 Å². The van der Waals surface area contributed by atoms with Crippen LogP contribution in [-0.4, -0.2) is 19.2 Å². The van der Waals surface area contributed by atoms with Gasteiger partial charge in [0.05, 0.1) is 14.2 Å². The van der Waals surface area contributed by atoms with Crippen molar-refractivity contribution in [3.63, 3.8) is 0 Å². The number of ether oxygens (including phenoxy) is 2. The number of para-hydroxylation sites is 1. The fourth-order valence-electron chi connectivity index (χ4n) is 1.94. The first kappa shape index (κ1) is 13.4. The first-order valence-electron chi connectivity index (χ1n) is 6.14. The number of nitrogens with one attached hydrogen (secondary N) is 1. The van der Waals surface area contributed by atoms with Crippen LogP contribution >= 0.6 is 0 Å². The molecule has 1 aromatic heterocycles. The molecule has 2 rings (SSSR count). The fourth-order valence-corrected chi connectivity index (χ4v) is 1.94. The lowest BCUT2D eigenvalue weighted by atomic mass is 10.1. The summed E-state index contributed by atoms with van der Waals surface area (Å²) in [5, 5.41) is 3.37. The van der Waals surface area contributed by atoms with E-state index >= 15 is 0 Å². The number of hydrogen-bond donors (Lipinski definition) is 1. The van der Waals surface area contributed by atoms with Crippen LogP contribution in [0.5, 0.6) is 11.5 Å². The second-order valence-corrected chi connectivity index (χ2v) is 4.12. The zero-order valence-corrected chi connectivity index (χ0v) is 11.2. The first-order chi connectivity index (χ1) is 9.35. The minimum absolute atomic E-state index is 0.718. The fraction of sp³-hybridized carbons (Fsp3) is 0.267. The average molecular weight is 258 g/mol. The SMILES string of the molecule is COc1cccc(CNCc2cccnc2)c1OC. The van der Waals surface area contributed by atoms with Crippen LogP contribution in [0.3, 0.4) is 0 Å². The van der Waals surface area contributed by atoms with Crippen molar-refractivity contribution in [3.05, 3.63) is 53.9 Å². The minimum atomic E-state index is 0.718. The standard InChI is InChI=1S/C15H18N2O2/c1-18-14-7-3-6-13(15(14)19-2)11-17-10-12-5-4-8-16-9-12/h3-9,17H,10-11H2,1-2H3. The van der Waals surface area contributed by atoms with Gasteiger partial charge in [0.25, 0.3) is 0 Å². The predicted octanol–water partition coefficient (Wildman–Crippen LogP) is 2.39. The molecule has 0 amide bonds. The second-order valence-electron chi connectivity index (χ2n) is 4.12. The highest BCUT2D eigenvalue weighted by molar-refractivity contribution is 5.46. The first-order valence-corrected chi connectivity index (χ1v) is 6.14. The molecular formula is C15H18N2O2. The van der Waals surface area contributed by atoms with Crippen molar-refractivity contribution in [1.82, 2.24) is 10.3 Å². The summed E-state index contributed by atoms with van der Waals surface area (Å²) in [7, 11) is 3.30. The van der Waals surface area contributed by atoms with Crippen molar-refractivity contribution in [2.75, 3.05) is 14.2 Å². The van der Waals surface area contributed by atoms with Crippen LogP contribution in [0, 0.1) is 0 Å². The Bertz CT molecular complexity index is 515. The third-order valence-corrected chi connectivity index (χ3v) is 2.85. The summed E-state index contributed by atoms with van der Waals surface area (Å²) in [6.07, 6.45) is 3.63. The molecule has 0 fully saturated rings. The minimum Gasteiger partial charge on any atom is -0.493 e. The van der Waals surface area contributed by atoms with Gasteiger partial charge in [0, 0.05) is 31.0 Å². The number of pyridine rings is 1. The molecule has 19 heavy (non-hydrogen) atoms. The Morgan fingerprint density at radius 3 is 2.63 bits per heavy atom. The van der Waals surface area contributed by atoms with Gasteiger partial charge in [-0.25, -0.2) is 0 Å². The zero-order valence-electron chi connectivity index (χ0n) is 11.2. The summed E-state index contributed by atoms with van der Waals surface area (Å²) in [5.74, 6) is 1.53. The van der Waals surface area contributed by atoms with E-state index in [2.05, 4.69) is 10.3 Å². The van der Waals surface area contributed by atoms with Gasteiger partial charge in [-0.1, -0.05) is 18.2 Å². The van der Waals surface area contributed by atoms with E-state index in [1.807, 2.05) is 36.5 Å². The van der Waals surface area contributed by atoms with E-state index in [1.54, 1.807) is 20.4 Å². The van der Waals surface area contributed by atoms with Crippen LogP contribution in [0.2, 0.25) is 0 Å². The summed E-state index contributed by atoms with van der Waals surface area (Å²) >= 11 is 0. The van der Waals surface area contributed by atoms with Gasteiger partial charge >= 0.3 is 0 Å². The molecule has 1 aromatic carbocycles. The molecule has 0 saturated carbocycles. The van der Waals surface area contributed by atoms with E-state index < -0.39 is 0 Å². The average Bonchev–Trinajstić information content (AvgIpc) is 2.48. The molecule has 0 aliphatic carbocycles. The predicted molar refractivity (Wildman–Crippen MR) is 74.3 cm³/mol. The highest BCUT2D eigenvalue weighted by Gasteiger charge is 2.08. The summed E-state index contributed by atoms with van der Waals surface area (Å²) in [5.41, 5.74) is 2.23. The van der Waals surface area contributed by atoms with Crippen LogP contribution < -0.4 is 14.8 Å².